The van der Waals surface area contributed by atoms with Gasteiger partial charge in [0.05, 0.1) is 0 Å². The van der Waals surface area contributed by atoms with Crippen LogP contribution in [0.3, 0.4) is 0 Å². The zero-order chi connectivity index (χ0) is 15.6. The summed E-state index contributed by atoms with van der Waals surface area (Å²) in [7, 11) is 0. The highest BCUT2D eigenvalue weighted by molar-refractivity contribution is 5.44. The van der Waals surface area contributed by atoms with Gasteiger partial charge in [-0.3, -0.25) is 0 Å². The van der Waals surface area contributed by atoms with Crippen molar-refractivity contribution in [2.45, 2.75) is 25.7 Å². The van der Waals surface area contributed by atoms with Gasteiger partial charge in [-0.25, -0.2) is 0 Å². The minimum Gasteiger partial charge on any atom is -0.103 e. The normalized spacial score (nSPS) is 9.64. The molecule has 0 saturated heterocycles. The summed E-state index contributed by atoms with van der Waals surface area (Å²) in [6, 6.07) is 16.9. The van der Waals surface area contributed by atoms with Crippen LogP contribution in [-0.2, 0) is 12.8 Å². The molecule has 0 unspecified atom stereocenters. The molecule has 2 aromatic rings. The summed E-state index contributed by atoms with van der Waals surface area (Å²) < 4.78 is 0. The van der Waals surface area contributed by atoms with Crippen LogP contribution in [0.5, 0.6) is 0 Å². The molecule has 0 aliphatic rings. The Labute approximate surface area is 134 Å². The van der Waals surface area contributed by atoms with Crippen LogP contribution in [0.15, 0.2) is 73.8 Å². The molecule has 0 spiro atoms. The van der Waals surface area contributed by atoms with Crippen LogP contribution in [0.2, 0.25) is 0 Å². The summed E-state index contributed by atoms with van der Waals surface area (Å²) in [5.74, 6) is 6.44. The predicted octanol–water partition coefficient (Wildman–Crippen LogP) is 5.32. The number of aryl methyl sites for hydroxylation is 2. The smallest absolute Gasteiger partial charge is 0.0249 e. The van der Waals surface area contributed by atoms with E-state index in [1.54, 1.807) is 0 Å². The summed E-state index contributed by atoms with van der Waals surface area (Å²) >= 11 is 0. The first-order valence-electron chi connectivity index (χ1n) is 7.73. The Morgan fingerprint density at radius 3 is 1.32 bits per heavy atom. The molecule has 0 amide bonds. The third kappa shape index (κ3) is 5.11. The Balaban J connectivity index is 2.00. The van der Waals surface area contributed by atoms with Crippen molar-refractivity contribution in [3.8, 4) is 11.8 Å². The number of allylic oxidation sites excluding steroid dienone is 2. The Morgan fingerprint density at radius 1 is 0.636 bits per heavy atom. The summed E-state index contributed by atoms with van der Waals surface area (Å²) in [5.41, 5.74) is 4.77. The maximum Gasteiger partial charge on any atom is 0.0249 e. The molecule has 2 rings (SSSR count). The van der Waals surface area contributed by atoms with E-state index < -0.39 is 0 Å². The van der Waals surface area contributed by atoms with Gasteiger partial charge in [0, 0.05) is 11.1 Å². The third-order valence-electron chi connectivity index (χ3n) is 3.53. The van der Waals surface area contributed by atoms with Crippen molar-refractivity contribution >= 4 is 0 Å². The monoisotopic (exact) mass is 286 g/mol. The molecule has 0 bridgehead atoms. The second-order valence-electron chi connectivity index (χ2n) is 5.30. The van der Waals surface area contributed by atoms with Gasteiger partial charge in [-0.05, 0) is 61.1 Å². The molecule has 22 heavy (non-hydrogen) atoms. The quantitative estimate of drug-likeness (QED) is 0.498. The van der Waals surface area contributed by atoms with Crippen LogP contribution >= 0.6 is 0 Å². The summed E-state index contributed by atoms with van der Waals surface area (Å²) in [6.07, 6.45) is 8.03. The molecule has 2 aromatic carbocycles. The first-order chi connectivity index (χ1) is 10.8. The number of hydrogen-bond donors (Lipinski definition) is 0. The molecule has 0 atom stereocenters. The molecule has 0 nitrogen and oxygen atoms in total. The fraction of sp³-hybridized carbons (Fsp3) is 0.182. The topological polar surface area (TPSA) is 0 Å². The van der Waals surface area contributed by atoms with Crippen LogP contribution in [0.25, 0.3) is 0 Å². The minimum atomic E-state index is 1.02. The highest BCUT2D eigenvalue weighted by Gasteiger charge is 1.93. The first kappa shape index (κ1) is 15.9. The molecule has 0 radical (unpaired) electrons. The van der Waals surface area contributed by atoms with Crippen molar-refractivity contribution in [2.24, 2.45) is 0 Å². The van der Waals surface area contributed by atoms with Crippen molar-refractivity contribution in [1.29, 1.82) is 0 Å². The van der Waals surface area contributed by atoms with E-state index in [0.29, 0.717) is 0 Å². The molecule has 0 saturated carbocycles. The lowest BCUT2D eigenvalue weighted by Crippen LogP contribution is -1.84. The maximum atomic E-state index is 3.75. The highest BCUT2D eigenvalue weighted by atomic mass is 14.0. The minimum absolute atomic E-state index is 1.02. The van der Waals surface area contributed by atoms with E-state index in [1.807, 2.05) is 12.2 Å². The number of hydrogen-bond acceptors (Lipinski definition) is 0. The number of rotatable bonds is 6. The summed E-state index contributed by atoms with van der Waals surface area (Å²) in [5, 5.41) is 0. The zero-order valence-corrected chi connectivity index (χ0v) is 13.0. The van der Waals surface area contributed by atoms with Gasteiger partial charge in [-0.2, -0.15) is 0 Å². The molecular weight excluding hydrogens is 264 g/mol. The van der Waals surface area contributed by atoms with E-state index in [4.69, 9.17) is 0 Å². The van der Waals surface area contributed by atoms with Crippen LogP contribution in [-0.4, -0.2) is 0 Å². The van der Waals surface area contributed by atoms with Crippen molar-refractivity contribution in [2.75, 3.05) is 0 Å². The lowest BCUT2D eigenvalue weighted by Gasteiger charge is -1.99. The number of benzene rings is 2. The first-order valence-corrected chi connectivity index (χ1v) is 7.73. The van der Waals surface area contributed by atoms with Crippen molar-refractivity contribution < 1.29 is 0 Å². The van der Waals surface area contributed by atoms with Gasteiger partial charge in [0.25, 0.3) is 0 Å². The van der Waals surface area contributed by atoms with Crippen LogP contribution in [0, 0.1) is 11.8 Å². The molecule has 0 aromatic heterocycles. The van der Waals surface area contributed by atoms with E-state index in [1.165, 1.54) is 11.1 Å². The fourth-order valence-corrected chi connectivity index (χ4v) is 2.19. The summed E-state index contributed by atoms with van der Waals surface area (Å²) in [6.45, 7) is 7.50. The van der Waals surface area contributed by atoms with Gasteiger partial charge in [0.2, 0.25) is 0 Å². The van der Waals surface area contributed by atoms with E-state index >= 15 is 0 Å². The SMILES string of the molecule is C=CCCc1ccc(C#Cc2ccc(CCC=C)cc2)cc1. The molecule has 0 N–H and O–H groups in total. The zero-order valence-electron chi connectivity index (χ0n) is 13.0. The van der Waals surface area contributed by atoms with Crippen molar-refractivity contribution in [1.82, 2.24) is 0 Å². The van der Waals surface area contributed by atoms with Crippen LogP contribution in [0.1, 0.15) is 35.1 Å². The second kappa shape index (κ2) is 8.70. The fourth-order valence-electron chi connectivity index (χ4n) is 2.19. The van der Waals surface area contributed by atoms with E-state index in [2.05, 4.69) is 73.5 Å². The average Bonchev–Trinajstić information content (AvgIpc) is 2.58. The summed E-state index contributed by atoms with van der Waals surface area (Å²) in [4.78, 5) is 0. The van der Waals surface area contributed by atoms with Gasteiger partial charge in [0.1, 0.15) is 0 Å². The van der Waals surface area contributed by atoms with Gasteiger partial charge in [0.15, 0.2) is 0 Å². The van der Waals surface area contributed by atoms with Crippen molar-refractivity contribution in [3.63, 3.8) is 0 Å². The van der Waals surface area contributed by atoms with Gasteiger partial charge in [-0.1, -0.05) is 48.3 Å². The van der Waals surface area contributed by atoms with Crippen molar-refractivity contribution in [3.05, 3.63) is 96.1 Å². The molecule has 0 heterocycles. The van der Waals surface area contributed by atoms with E-state index in [9.17, 15) is 0 Å². The second-order valence-corrected chi connectivity index (χ2v) is 5.30. The highest BCUT2D eigenvalue weighted by Crippen LogP contribution is 2.08. The molecule has 110 valence electrons. The Morgan fingerprint density at radius 2 is 1.00 bits per heavy atom. The van der Waals surface area contributed by atoms with Gasteiger partial charge >= 0.3 is 0 Å². The predicted molar refractivity (Wildman–Crippen MR) is 95.9 cm³/mol. The molecule has 0 aliphatic carbocycles. The third-order valence-corrected chi connectivity index (χ3v) is 3.53. The lowest BCUT2D eigenvalue weighted by atomic mass is 10.1. The van der Waals surface area contributed by atoms with Crippen LogP contribution < -0.4 is 0 Å². The molecule has 0 aliphatic heterocycles. The Bertz CT molecular complexity index is 601. The molecule has 0 heteroatoms. The average molecular weight is 286 g/mol. The van der Waals surface area contributed by atoms with Gasteiger partial charge < -0.3 is 0 Å². The molecular formula is C22H22. The van der Waals surface area contributed by atoms with Crippen LogP contribution in [0.4, 0.5) is 0 Å². The Kier molecular flexibility index (Phi) is 6.27. The maximum absolute atomic E-state index is 3.75. The molecule has 0 fully saturated rings. The largest absolute Gasteiger partial charge is 0.103 e. The Hall–Kier alpha value is -2.52. The van der Waals surface area contributed by atoms with E-state index in [0.717, 1.165) is 36.8 Å². The lowest BCUT2D eigenvalue weighted by molar-refractivity contribution is 1.00. The van der Waals surface area contributed by atoms with Gasteiger partial charge in [-0.15, -0.1) is 13.2 Å². The standard InChI is InChI=1S/C22H22/c1-3-5-7-19-9-13-21(14-10-19)17-18-22-15-11-20(12-16-22)8-6-4-2/h3-4,9-16H,1-2,5-8H2. The van der Waals surface area contributed by atoms with E-state index in [-0.39, 0.29) is 0 Å².